The van der Waals surface area contributed by atoms with Crippen LogP contribution in [0, 0.1) is 13.8 Å². The van der Waals surface area contributed by atoms with Gasteiger partial charge in [-0.05, 0) is 50.2 Å². The quantitative estimate of drug-likeness (QED) is 0.655. The fourth-order valence-electron chi connectivity index (χ4n) is 2.31. The number of anilines is 3. The fourth-order valence-corrected chi connectivity index (χ4v) is 2.31. The maximum atomic E-state index is 4.43. The minimum Gasteiger partial charge on any atom is -0.309 e. The summed E-state index contributed by atoms with van der Waals surface area (Å²) >= 11 is 0. The van der Waals surface area contributed by atoms with Gasteiger partial charge in [0.15, 0.2) is 0 Å². The van der Waals surface area contributed by atoms with E-state index in [1.54, 1.807) is 0 Å². The van der Waals surface area contributed by atoms with E-state index in [0.717, 1.165) is 22.8 Å². The summed E-state index contributed by atoms with van der Waals surface area (Å²) in [4.78, 5) is 6.64. The highest BCUT2D eigenvalue weighted by molar-refractivity contribution is 5.75. The first-order valence-corrected chi connectivity index (χ1v) is 7.08. The molecule has 0 bridgehead atoms. The normalized spacial score (nSPS) is 10.4. The summed E-state index contributed by atoms with van der Waals surface area (Å²) in [5.41, 5.74) is 5.62. The lowest BCUT2D eigenvalue weighted by molar-refractivity contribution is 1.17. The molecule has 0 N–H and O–H groups in total. The van der Waals surface area contributed by atoms with Crippen LogP contribution in [0.5, 0.6) is 0 Å². The van der Waals surface area contributed by atoms with E-state index in [0.29, 0.717) is 0 Å². The van der Waals surface area contributed by atoms with E-state index in [1.165, 1.54) is 5.56 Å². The van der Waals surface area contributed by atoms with Gasteiger partial charge in [0.25, 0.3) is 0 Å². The molecule has 104 valence electrons. The highest BCUT2D eigenvalue weighted by Crippen LogP contribution is 2.33. The summed E-state index contributed by atoms with van der Waals surface area (Å²) in [7, 11) is 0. The van der Waals surface area contributed by atoms with Crippen LogP contribution in [0.1, 0.15) is 11.3 Å². The molecule has 1 heterocycles. The molecule has 0 atom stereocenters. The number of pyridine rings is 1. The van der Waals surface area contributed by atoms with Crippen molar-refractivity contribution in [3.63, 3.8) is 0 Å². The van der Waals surface area contributed by atoms with Crippen molar-refractivity contribution in [3.8, 4) is 0 Å². The van der Waals surface area contributed by atoms with Gasteiger partial charge in [-0.3, -0.25) is 4.98 Å². The van der Waals surface area contributed by atoms with Crippen molar-refractivity contribution >= 4 is 17.1 Å². The summed E-state index contributed by atoms with van der Waals surface area (Å²) in [6.45, 7) is 4.10. The molecule has 0 aliphatic heterocycles. The van der Waals surface area contributed by atoms with Crippen molar-refractivity contribution in [1.82, 2.24) is 4.98 Å². The first-order chi connectivity index (χ1) is 10.2. The SMILES string of the molecule is Cc1ccc(N(c2ccccc2)c2ccc(C)nc2)cc1. The Morgan fingerprint density at radius 1 is 0.667 bits per heavy atom. The highest BCUT2D eigenvalue weighted by Gasteiger charge is 2.11. The molecule has 0 unspecified atom stereocenters. The molecule has 0 radical (unpaired) electrons. The van der Waals surface area contributed by atoms with E-state index in [9.17, 15) is 0 Å². The Labute approximate surface area is 125 Å². The topological polar surface area (TPSA) is 16.1 Å². The van der Waals surface area contributed by atoms with Crippen LogP contribution >= 0.6 is 0 Å². The summed E-state index contributed by atoms with van der Waals surface area (Å²) in [6, 6.07) is 23.1. The molecule has 0 spiro atoms. The molecule has 2 heteroatoms. The van der Waals surface area contributed by atoms with Gasteiger partial charge in [0.2, 0.25) is 0 Å². The van der Waals surface area contributed by atoms with E-state index in [2.05, 4.69) is 71.4 Å². The van der Waals surface area contributed by atoms with Gasteiger partial charge in [-0.1, -0.05) is 35.9 Å². The standard InChI is InChI=1S/C19H18N2/c1-15-8-11-18(12-9-15)21(17-6-4-3-5-7-17)19-13-10-16(2)20-14-19/h3-14H,1-2H3. The van der Waals surface area contributed by atoms with Crippen molar-refractivity contribution in [2.75, 3.05) is 4.90 Å². The van der Waals surface area contributed by atoms with Crippen LogP contribution in [0.3, 0.4) is 0 Å². The van der Waals surface area contributed by atoms with Crippen molar-refractivity contribution in [2.24, 2.45) is 0 Å². The molecular weight excluding hydrogens is 256 g/mol. The molecule has 3 rings (SSSR count). The van der Waals surface area contributed by atoms with Crippen LogP contribution in [-0.2, 0) is 0 Å². The molecule has 0 saturated carbocycles. The number of aryl methyl sites for hydroxylation is 2. The molecule has 2 aromatic carbocycles. The molecule has 21 heavy (non-hydrogen) atoms. The number of hydrogen-bond donors (Lipinski definition) is 0. The van der Waals surface area contributed by atoms with Crippen LogP contribution in [0.25, 0.3) is 0 Å². The number of benzene rings is 2. The lowest BCUT2D eigenvalue weighted by atomic mass is 10.1. The van der Waals surface area contributed by atoms with E-state index in [1.807, 2.05) is 25.3 Å². The molecule has 0 amide bonds. The first kappa shape index (κ1) is 13.4. The maximum absolute atomic E-state index is 4.43. The minimum absolute atomic E-state index is 1.02. The lowest BCUT2D eigenvalue weighted by Crippen LogP contribution is -2.10. The fraction of sp³-hybridized carbons (Fsp3) is 0.105. The third-order valence-electron chi connectivity index (χ3n) is 3.46. The minimum atomic E-state index is 1.02. The lowest BCUT2D eigenvalue weighted by Gasteiger charge is -2.25. The van der Waals surface area contributed by atoms with Gasteiger partial charge >= 0.3 is 0 Å². The molecule has 0 aliphatic carbocycles. The predicted molar refractivity (Wildman–Crippen MR) is 88.4 cm³/mol. The molecule has 3 aromatic rings. The van der Waals surface area contributed by atoms with E-state index < -0.39 is 0 Å². The van der Waals surface area contributed by atoms with E-state index >= 15 is 0 Å². The Balaban J connectivity index is 2.11. The van der Waals surface area contributed by atoms with Gasteiger partial charge in [0.05, 0.1) is 11.9 Å². The van der Waals surface area contributed by atoms with E-state index in [4.69, 9.17) is 0 Å². The van der Waals surface area contributed by atoms with Gasteiger partial charge in [-0.25, -0.2) is 0 Å². The molecule has 0 fully saturated rings. The first-order valence-electron chi connectivity index (χ1n) is 7.08. The third kappa shape index (κ3) is 2.95. The highest BCUT2D eigenvalue weighted by atomic mass is 15.1. The van der Waals surface area contributed by atoms with Crippen molar-refractivity contribution in [2.45, 2.75) is 13.8 Å². The average Bonchev–Trinajstić information content (AvgIpc) is 2.52. The zero-order chi connectivity index (χ0) is 14.7. The summed E-state index contributed by atoms with van der Waals surface area (Å²) < 4.78 is 0. The van der Waals surface area contributed by atoms with Crippen LogP contribution in [-0.4, -0.2) is 4.98 Å². The van der Waals surface area contributed by atoms with Crippen LogP contribution in [0.2, 0.25) is 0 Å². The second kappa shape index (κ2) is 5.80. The number of aromatic nitrogens is 1. The Morgan fingerprint density at radius 3 is 1.90 bits per heavy atom. The summed E-state index contributed by atoms with van der Waals surface area (Å²) in [5, 5.41) is 0. The van der Waals surface area contributed by atoms with Gasteiger partial charge in [0.1, 0.15) is 0 Å². The van der Waals surface area contributed by atoms with Crippen molar-refractivity contribution in [3.05, 3.63) is 84.2 Å². The maximum Gasteiger partial charge on any atom is 0.0645 e. The zero-order valence-corrected chi connectivity index (χ0v) is 12.3. The van der Waals surface area contributed by atoms with Crippen LogP contribution < -0.4 is 4.90 Å². The Bertz CT molecular complexity index is 655. The number of nitrogens with zero attached hydrogens (tertiary/aromatic N) is 2. The Hall–Kier alpha value is -2.61. The summed E-state index contributed by atoms with van der Waals surface area (Å²) in [6.07, 6.45) is 1.92. The molecular formula is C19H18N2. The number of hydrogen-bond acceptors (Lipinski definition) is 2. The molecule has 1 aromatic heterocycles. The van der Waals surface area contributed by atoms with Crippen molar-refractivity contribution in [1.29, 1.82) is 0 Å². The largest absolute Gasteiger partial charge is 0.309 e. The molecule has 2 nitrogen and oxygen atoms in total. The van der Waals surface area contributed by atoms with Gasteiger partial charge in [0, 0.05) is 17.1 Å². The second-order valence-corrected chi connectivity index (χ2v) is 5.16. The van der Waals surface area contributed by atoms with Gasteiger partial charge in [-0.2, -0.15) is 0 Å². The third-order valence-corrected chi connectivity index (χ3v) is 3.46. The van der Waals surface area contributed by atoms with Crippen LogP contribution in [0.15, 0.2) is 72.9 Å². The Morgan fingerprint density at radius 2 is 1.29 bits per heavy atom. The summed E-state index contributed by atoms with van der Waals surface area (Å²) in [5.74, 6) is 0. The number of para-hydroxylation sites is 1. The zero-order valence-electron chi connectivity index (χ0n) is 12.3. The molecule has 0 saturated heterocycles. The molecule has 0 aliphatic rings. The second-order valence-electron chi connectivity index (χ2n) is 5.16. The predicted octanol–water partition coefficient (Wildman–Crippen LogP) is 5.17. The van der Waals surface area contributed by atoms with E-state index in [-0.39, 0.29) is 0 Å². The average molecular weight is 274 g/mol. The van der Waals surface area contributed by atoms with Gasteiger partial charge < -0.3 is 4.90 Å². The Kier molecular flexibility index (Phi) is 3.69. The smallest absolute Gasteiger partial charge is 0.0645 e. The van der Waals surface area contributed by atoms with Crippen molar-refractivity contribution < 1.29 is 0 Å². The number of rotatable bonds is 3. The van der Waals surface area contributed by atoms with Crippen LogP contribution in [0.4, 0.5) is 17.1 Å². The van der Waals surface area contributed by atoms with Gasteiger partial charge in [-0.15, -0.1) is 0 Å². The monoisotopic (exact) mass is 274 g/mol.